The van der Waals surface area contributed by atoms with Gasteiger partial charge in [0.25, 0.3) is 0 Å². The lowest BCUT2D eigenvalue weighted by Crippen LogP contribution is -2.22. The molecule has 0 aliphatic rings. The lowest BCUT2D eigenvalue weighted by Gasteiger charge is -2.16. The van der Waals surface area contributed by atoms with E-state index in [-0.39, 0.29) is 6.10 Å². The highest BCUT2D eigenvalue weighted by Crippen LogP contribution is 2.18. The summed E-state index contributed by atoms with van der Waals surface area (Å²) in [4.78, 5) is 0. The molecule has 1 N–H and O–H groups in total. The summed E-state index contributed by atoms with van der Waals surface area (Å²) in [6.45, 7) is 7.52. The molecule has 0 aliphatic heterocycles. The van der Waals surface area contributed by atoms with Crippen LogP contribution in [0, 0.1) is 6.92 Å². The molecule has 0 heterocycles. The first kappa shape index (κ1) is 15.2. The van der Waals surface area contributed by atoms with Crippen LogP contribution in [0.15, 0.2) is 48.5 Å². The van der Waals surface area contributed by atoms with Crippen molar-refractivity contribution in [3.8, 4) is 11.5 Å². The van der Waals surface area contributed by atoms with Gasteiger partial charge in [0, 0.05) is 11.8 Å². The van der Waals surface area contributed by atoms with Crippen LogP contribution >= 0.6 is 0 Å². The van der Waals surface area contributed by atoms with Crippen LogP contribution in [0.1, 0.15) is 19.4 Å². The highest BCUT2D eigenvalue weighted by molar-refractivity contribution is 5.48. The first-order valence-corrected chi connectivity index (χ1v) is 7.37. The molecule has 1 atom stereocenters. The van der Waals surface area contributed by atoms with E-state index in [0.29, 0.717) is 6.61 Å². The Hall–Kier alpha value is -2.16. The van der Waals surface area contributed by atoms with Gasteiger partial charge in [0.1, 0.15) is 17.6 Å². The Kier molecular flexibility index (Phi) is 5.50. The largest absolute Gasteiger partial charge is 0.494 e. The van der Waals surface area contributed by atoms with E-state index in [4.69, 9.17) is 9.47 Å². The molecular formula is C18H23NO2. The van der Waals surface area contributed by atoms with Crippen LogP contribution < -0.4 is 14.8 Å². The second-order valence-corrected chi connectivity index (χ2v) is 5.08. The zero-order valence-electron chi connectivity index (χ0n) is 12.9. The molecule has 0 fully saturated rings. The van der Waals surface area contributed by atoms with Crippen molar-refractivity contribution >= 4 is 5.69 Å². The predicted molar refractivity (Wildman–Crippen MR) is 87.4 cm³/mol. The molecule has 2 rings (SSSR count). The van der Waals surface area contributed by atoms with Crippen molar-refractivity contribution in [1.29, 1.82) is 0 Å². The van der Waals surface area contributed by atoms with Gasteiger partial charge >= 0.3 is 0 Å². The number of benzene rings is 2. The number of hydrogen-bond donors (Lipinski definition) is 1. The standard InChI is InChI=1S/C18H23NO2/c1-4-20-18-7-5-6-16(12-18)19-13-15(3)21-17-10-8-14(2)9-11-17/h5-12,15,19H,4,13H2,1-3H3. The van der Waals surface area contributed by atoms with Gasteiger partial charge in [0.05, 0.1) is 13.2 Å². The molecule has 3 heteroatoms. The average molecular weight is 285 g/mol. The van der Waals surface area contributed by atoms with E-state index in [1.807, 2.05) is 43.3 Å². The smallest absolute Gasteiger partial charge is 0.121 e. The lowest BCUT2D eigenvalue weighted by molar-refractivity contribution is 0.234. The van der Waals surface area contributed by atoms with Crippen LogP contribution in [0.5, 0.6) is 11.5 Å². The Bertz CT molecular complexity index is 551. The Balaban J connectivity index is 1.84. The summed E-state index contributed by atoms with van der Waals surface area (Å²) in [5.41, 5.74) is 2.28. The Labute approximate surface area is 126 Å². The van der Waals surface area contributed by atoms with Gasteiger partial charge in [-0.05, 0) is 45.0 Å². The van der Waals surface area contributed by atoms with E-state index in [2.05, 4.69) is 31.3 Å². The normalized spacial score (nSPS) is 11.8. The summed E-state index contributed by atoms with van der Waals surface area (Å²) in [6.07, 6.45) is 0.0865. The van der Waals surface area contributed by atoms with Gasteiger partial charge in [-0.2, -0.15) is 0 Å². The zero-order chi connectivity index (χ0) is 15.1. The first-order valence-electron chi connectivity index (χ1n) is 7.37. The van der Waals surface area contributed by atoms with Crippen molar-refractivity contribution in [1.82, 2.24) is 0 Å². The van der Waals surface area contributed by atoms with Crippen molar-refractivity contribution in [3.05, 3.63) is 54.1 Å². The topological polar surface area (TPSA) is 30.5 Å². The van der Waals surface area contributed by atoms with Gasteiger partial charge in [0.2, 0.25) is 0 Å². The fourth-order valence-electron chi connectivity index (χ4n) is 2.01. The Morgan fingerprint density at radius 3 is 2.52 bits per heavy atom. The molecule has 0 spiro atoms. The minimum atomic E-state index is 0.0865. The average Bonchev–Trinajstić information content (AvgIpc) is 2.48. The molecule has 2 aromatic rings. The van der Waals surface area contributed by atoms with Crippen molar-refractivity contribution in [2.24, 2.45) is 0 Å². The predicted octanol–water partition coefficient (Wildman–Crippen LogP) is 4.27. The Morgan fingerprint density at radius 2 is 1.81 bits per heavy atom. The number of ether oxygens (including phenoxy) is 2. The highest BCUT2D eigenvalue weighted by Gasteiger charge is 2.04. The van der Waals surface area contributed by atoms with Gasteiger partial charge in [-0.1, -0.05) is 23.8 Å². The van der Waals surface area contributed by atoms with E-state index < -0.39 is 0 Å². The number of nitrogens with one attached hydrogen (secondary N) is 1. The Morgan fingerprint density at radius 1 is 1.05 bits per heavy atom. The molecule has 0 aromatic heterocycles. The van der Waals surface area contributed by atoms with Crippen LogP contribution in [-0.4, -0.2) is 19.3 Å². The van der Waals surface area contributed by atoms with Crippen LogP contribution in [0.4, 0.5) is 5.69 Å². The minimum Gasteiger partial charge on any atom is -0.494 e. The van der Waals surface area contributed by atoms with Gasteiger partial charge < -0.3 is 14.8 Å². The zero-order valence-corrected chi connectivity index (χ0v) is 12.9. The van der Waals surface area contributed by atoms with E-state index in [9.17, 15) is 0 Å². The van der Waals surface area contributed by atoms with Gasteiger partial charge in [-0.15, -0.1) is 0 Å². The maximum absolute atomic E-state index is 5.88. The molecule has 0 amide bonds. The molecule has 0 aliphatic carbocycles. The number of hydrogen-bond acceptors (Lipinski definition) is 3. The summed E-state index contributed by atoms with van der Waals surface area (Å²) in [5, 5.41) is 3.37. The summed E-state index contributed by atoms with van der Waals surface area (Å²) >= 11 is 0. The fourth-order valence-corrected chi connectivity index (χ4v) is 2.01. The van der Waals surface area contributed by atoms with E-state index in [1.165, 1.54) is 5.56 Å². The molecule has 1 unspecified atom stereocenters. The molecule has 0 saturated carbocycles. The molecule has 0 bridgehead atoms. The minimum absolute atomic E-state index is 0.0865. The van der Waals surface area contributed by atoms with Crippen LogP contribution in [0.2, 0.25) is 0 Å². The van der Waals surface area contributed by atoms with E-state index >= 15 is 0 Å². The van der Waals surface area contributed by atoms with E-state index in [0.717, 1.165) is 23.7 Å². The lowest BCUT2D eigenvalue weighted by atomic mass is 10.2. The van der Waals surface area contributed by atoms with E-state index in [1.54, 1.807) is 0 Å². The summed E-state index contributed by atoms with van der Waals surface area (Å²) in [6, 6.07) is 16.1. The number of anilines is 1. The van der Waals surface area contributed by atoms with Gasteiger partial charge in [-0.3, -0.25) is 0 Å². The second kappa shape index (κ2) is 7.58. The first-order chi connectivity index (χ1) is 10.2. The van der Waals surface area contributed by atoms with Crippen molar-refractivity contribution in [3.63, 3.8) is 0 Å². The molecule has 112 valence electrons. The molecule has 0 radical (unpaired) electrons. The molecular weight excluding hydrogens is 262 g/mol. The maximum Gasteiger partial charge on any atom is 0.121 e. The molecule has 3 nitrogen and oxygen atoms in total. The van der Waals surface area contributed by atoms with Crippen molar-refractivity contribution in [2.75, 3.05) is 18.5 Å². The SMILES string of the molecule is CCOc1cccc(NCC(C)Oc2ccc(C)cc2)c1. The van der Waals surface area contributed by atoms with Gasteiger partial charge in [-0.25, -0.2) is 0 Å². The monoisotopic (exact) mass is 285 g/mol. The molecule has 2 aromatic carbocycles. The molecule has 0 saturated heterocycles. The third-order valence-corrected chi connectivity index (χ3v) is 3.10. The van der Waals surface area contributed by atoms with Gasteiger partial charge in [0.15, 0.2) is 0 Å². The highest BCUT2D eigenvalue weighted by atomic mass is 16.5. The summed E-state index contributed by atoms with van der Waals surface area (Å²) < 4.78 is 11.4. The fraction of sp³-hybridized carbons (Fsp3) is 0.333. The quantitative estimate of drug-likeness (QED) is 0.824. The van der Waals surface area contributed by atoms with Crippen LogP contribution in [-0.2, 0) is 0 Å². The summed E-state index contributed by atoms with van der Waals surface area (Å²) in [7, 11) is 0. The van der Waals surface area contributed by atoms with Crippen molar-refractivity contribution in [2.45, 2.75) is 26.9 Å². The van der Waals surface area contributed by atoms with Crippen molar-refractivity contribution < 1.29 is 9.47 Å². The van der Waals surface area contributed by atoms with Crippen LogP contribution in [0.25, 0.3) is 0 Å². The molecule has 21 heavy (non-hydrogen) atoms. The third-order valence-electron chi connectivity index (χ3n) is 3.10. The number of rotatable bonds is 7. The summed E-state index contributed by atoms with van der Waals surface area (Å²) in [5.74, 6) is 1.78. The number of aryl methyl sites for hydroxylation is 1. The van der Waals surface area contributed by atoms with Crippen LogP contribution in [0.3, 0.4) is 0 Å². The second-order valence-electron chi connectivity index (χ2n) is 5.08. The third kappa shape index (κ3) is 5.03. The maximum atomic E-state index is 5.88.